The van der Waals surface area contributed by atoms with Crippen molar-refractivity contribution in [2.45, 2.75) is 70.3 Å². The van der Waals surface area contributed by atoms with E-state index in [1.165, 1.54) is 0 Å². The molecule has 20 heavy (non-hydrogen) atoms. The Kier molecular flexibility index (Phi) is 4.62. The molecular weight excluding hydrogens is 269 g/mol. The normalized spacial score (nSPS) is 32.2. The van der Waals surface area contributed by atoms with E-state index >= 15 is 0 Å². The first-order valence-corrected chi connectivity index (χ1v) is 7.42. The van der Waals surface area contributed by atoms with Gasteiger partial charge in [-0.1, -0.05) is 6.42 Å². The smallest absolute Gasteiger partial charge is 0.339 e. The number of carbonyl (C=O) groups excluding carboxylic acids is 1. The number of alkyl halides is 3. The Morgan fingerprint density at radius 3 is 2.50 bits per heavy atom. The van der Waals surface area contributed by atoms with Gasteiger partial charge in [0.25, 0.3) is 0 Å². The van der Waals surface area contributed by atoms with E-state index in [2.05, 4.69) is 5.32 Å². The zero-order valence-electron chi connectivity index (χ0n) is 12.0. The number of nitrogens with zero attached hydrogens (tertiary/aromatic N) is 1. The first-order valence-electron chi connectivity index (χ1n) is 7.42. The van der Waals surface area contributed by atoms with Crippen molar-refractivity contribution < 1.29 is 18.0 Å². The number of hydrogen-bond donors (Lipinski definition) is 1. The van der Waals surface area contributed by atoms with Crippen LogP contribution in [0.1, 0.15) is 46.0 Å². The summed E-state index contributed by atoms with van der Waals surface area (Å²) >= 11 is 0. The summed E-state index contributed by atoms with van der Waals surface area (Å²) in [6.07, 6.45) is -1.77. The molecule has 1 heterocycles. The molecule has 3 nitrogen and oxygen atoms in total. The molecule has 0 aromatic heterocycles. The minimum absolute atomic E-state index is 0.0362. The third-order valence-corrected chi connectivity index (χ3v) is 4.44. The summed E-state index contributed by atoms with van der Waals surface area (Å²) in [5.74, 6) is -1.18. The maximum Gasteiger partial charge on any atom is 0.391 e. The average Bonchev–Trinajstić information content (AvgIpc) is 2.70. The SMILES string of the molecule is CC(C)N1CC[C@H](N[C@H]2CCC[C@H](C(F)(F)F)C2)C1=O. The van der Waals surface area contributed by atoms with Crippen molar-refractivity contribution in [2.75, 3.05) is 6.54 Å². The van der Waals surface area contributed by atoms with Crippen molar-refractivity contribution >= 4 is 5.91 Å². The van der Waals surface area contributed by atoms with Crippen molar-refractivity contribution in [1.82, 2.24) is 10.2 Å². The first kappa shape index (κ1) is 15.6. The topological polar surface area (TPSA) is 32.3 Å². The van der Waals surface area contributed by atoms with Gasteiger partial charge in [0.05, 0.1) is 12.0 Å². The number of rotatable bonds is 3. The van der Waals surface area contributed by atoms with Crippen LogP contribution in [0.2, 0.25) is 0 Å². The van der Waals surface area contributed by atoms with E-state index in [1.807, 2.05) is 13.8 Å². The minimum atomic E-state index is -4.11. The predicted octanol–water partition coefficient (Wildman–Crippen LogP) is 2.71. The molecule has 0 unspecified atom stereocenters. The minimum Gasteiger partial charge on any atom is -0.339 e. The molecule has 1 amide bonds. The van der Waals surface area contributed by atoms with Crippen molar-refractivity contribution in [3.8, 4) is 0 Å². The van der Waals surface area contributed by atoms with Crippen LogP contribution in [0.15, 0.2) is 0 Å². The zero-order valence-corrected chi connectivity index (χ0v) is 12.0. The van der Waals surface area contributed by atoms with Gasteiger partial charge in [0.1, 0.15) is 0 Å². The van der Waals surface area contributed by atoms with Gasteiger partial charge in [-0.15, -0.1) is 0 Å². The van der Waals surface area contributed by atoms with Crippen LogP contribution in [0.25, 0.3) is 0 Å². The standard InChI is InChI=1S/C14H23F3N2O/c1-9(2)19-7-6-12(13(19)20)18-11-5-3-4-10(8-11)14(15,16)17/h9-12,18H,3-8H2,1-2H3/t10-,11-,12-/m0/s1. The van der Waals surface area contributed by atoms with E-state index in [-0.39, 0.29) is 36.9 Å². The zero-order chi connectivity index (χ0) is 14.9. The Labute approximate surface area is 117 Å². The molecule has 0 bridgehead atoms. The van der Waals surface area contributed by atoms with Gasteiger partial charge < -0.3 is 10.2 Å². The summed E-state index contributed by atoms with van der Waals surface area (Å²) in [6.45, 7) is 4.62. The number of hydrogen-bond acceptors (Lipinski definition) is 2. The van der Waals surface area contributed by atoms with E-state index in [0.29, 0.717) is 19.4 Å². The molecule has 1 aliphatic carbocycles. The number of halogens is 3. The largest absolute Gasteiger partial charge is 0.391 e. The molecule has 1 saturated carbocycles. The van der Waals surface area contributed by atoms with Crippen LogP contribution in [0, 0.1) is 5.92 Å². The Morgan fingerprint density at radius 2 is 1.95 bits per heavy atom. The third-order valence-electron chi connectivity index (χ3n) is 4.44. The molecule has 0 spiro atoms. The highest BCUT2D eigenvalue weighted by Gasteiger charge is 2.43. The highest BCUT2D eigenvalue weighted by Crippen LogP contribution is 2.37. The molecule has 0 aromatic rings. The summed E-state index contributed by atoms with van der Waals surface area (Å²) < 4.78 is 38.3. The molecule has 1 N–H and O–H groups in total. The predicted molar refractivity (Wildman–Crippen MR) is 70.2 cm³/mol. The lowest BCUT2D eigenvalue weighted by Crippen LogP contribution is -2.47. The summed E-state index contributed by atoms with van der Waals surface area (Å²) in [4.78, 5) is 13.9. The molecule has 0 aromatic carbocycles. The van der Waals surface area contributed by atoms with Crippen molar-refractivity contribution in [1.29, 1.82) is 0 Å². The quantitative estimate of drug-likeness (QED) is 0.867. The molecule has 116 valence electrons. The highest BCUT2D eigenvalue weighted by atomic mass is 19.4. The first-order chi connectivity index (χ1) is 9.29. The molecule has 6 heteroatoms. The molecule has 1 aliphatic heterocycles. The summed E-state index contributed by atoms with van der Waals surface area (Å²) in [6, 6.07) is -0.325. The van der Waals surface area contributed by atoms with Crippen LogP contribution < -0.4 is 5.32 Å². The number of carbonyl (C=O) groups is 1. The summed E-state index contributed by atoms with van der Waals surface area (Å²) in [7, 11) is 0. The van der Waals surface area contributed by atoms with E-state index < -0.39 is 12.1 Å². The van der Waals surface area contributed by atoms with Gasteiger partial charge in [-0.05, 0) is 39.5 Å². The lowest BCUT2D eigenvalue weighted by Gasteiger charge is -2.32. The van der Waals surface area contributed by atoms with Gasteiger partial charge >= 0.3 is 6.18 Å². The van der Waals surface area contributed by atoms with Gasteiger partial charge in [-0.3, -0.25) is 4.79 Å². The van der Waals surface area contributed by atoms with Gasteiger partial charge in [0, 0.05) is 18.6 Å². The number of likely N-dealkylation sites (tertiary alicyclic amines) is 1. The fourth-order valence-corrected chi connectivity index (χ4v) is 3.29. The van der Waals surface area contributed by atoms with Crippen LogP contribution in [-0.2, 0) is 4.79 Å². The molecule has 2 rings (SSSR count). The lowest BCUT2D eigenvalue weighted by atomic mass is 9.85. The highest BCUT2D eigenvalue weighted by molar-refractivity contribution is 5.84. The van der Waals surface area contributed by atoms with Crippen LogP contribution in [0.5, 0.6) is 0 Å². The molecular formula is C14H23F3N2O. The van der Waals surface area contributed by atoms with Gasteiger partial charge in [0.15, 0.2) is 0 Å². The number of amides is 1. The Hall–Kier alpha value is -0.780. The monoisotopic (exact) mass is 292 g/mol. The Bertz CT molecular complexity index is 357. The number of nitrogens with one attached hydrogen (secondary N) is 1. The van der Waals surface area contributed by atoms with E-state index in [9.17, 15) is 18.0 Å². The van der Waals surface area contributed by atoms with E-state index in [0.717, 1.165) is 6.42 Å². The van der Waals surface area contributed by atoms with Crippen molar-refractivity contribution in [3.05, 3.63) is 0 Å². The Balaban J connectivity index is 1.89. The van der Waals surface area contributed by atoms with Crippen molar-refractivity contribution in [2.24, 2.45) is 5.92 Å². The van der Waals surface area contributed by atoms with Gasteiger partial charge in [-0.2, -0.15) is 13.2 Å². The fourth-order valence-electron chi connectivity index (χ4n) is 3.29. The second-order valence-corrected chi connectivity index (χ2v) is 6.24. The van der Waals surface area contributed by atoms with Crippen LogP contribution >= 0.6 is 0 Å². The third kappa shape index (κ3) is 3.45. The maximum atomic E-state index is 12.8. The van der Waals surface area contributed by atoms with E-state index in [4.69, 9.17) is 0 Å². The Morgan fingerprint density at radius 1 is 1.25 bits per heavy atom. The fraction of sp³-hybridized carbons (Fsp3) is 0.929. The van der Waals surface area contributed by atoms with Gasteiger partial charge in [0.2, 0.25) is 5.91 Å². The van der Waals surface area contributed by atoms with Crippen LogP contribution in [-0.4, -0.2) is 41.7 Å². The van der Waals surface area contributed by atoms with Crippen molar-refractivity contribution in [3.63, 3.8) is 0 Å². The molecule has 2 aliphatic rings. The molecule has 2 fully saturated rings. The second-order valence-electron chi connectivity index (χ2n) is 6.24. The van der Waals surface area contributed by atoms with Crippen LogP contribution in [0.3, 0.4) is 0 Å². The summed E-state index contributed by atoms with van der Waals surface area (Å²) in [5, 5.41) is 3.16. The average molecular weight is 292 g/mol. The second kappa shape index (κ2) is 5.92. The van der Waals surface area contributed by atoms with Crippen LogP contribution in [0.4, 0.5) is 13.2 Å². The van der Waals surface area contributed by atoms with E-state index in [1.54, 1.807) is 4.90 Å². The van der Waals surface area contributed by atoms with Gasteiger partial charge in [-0.25, -0.2) is 0 Å². The maximum absolute atomic E-state index is 12.8. The molecule has 3 atom stereocenters. The molecule has 1 saturated heterocycles. The lowest BCUT2D eigenvalue weighted by molar-refractivity contribution is -0.183. The molecule has 0 radical (unpaired) electrons. The summed E-state index contributed by atoms with van der Waals surface area (Å²) in [5.41, 5.74) is 0.